The lowest BCUT2D eigenvalue weighted by atomic mass is 10.1. The Balaban J connectivity index is 2.09. The monoisotopic (exact) mass is 179 g/mol. The summed E-state index contributed by atoms with van der Waals surface area (Å²) in [7, 11) is 0. The molecule has 4 heteroatoms. The fourth-order valence-electron chi connectivity index (χ4n) is 1.68. The van der Waals surface area contributed by atoms with E-state index in [1.54, 1.807) is 6.20 Å². The third-order valence-electron chi connectivity index (χ3n) is 2.44. The molecule has 4 nitrogen and oxygen atoms in total. The first-order chi connectivity index (χ1) is 6.40. The number of hydrogen-bond acceptors (Lipinski definition) is 3. The van der Waals surface area contributed by atoms with Gasteiger partial charge in [-0.1, -0.05) is 0 Å². The van der Waals surface area contributed by atoms with Gasteiger partial charge in [-0.05, 0) is 25.9 Å². The van der Waals surface area contributed by atoms with Crippen LogP contribution >= 0.6 is 0 Å². The molecule has 1 aliphatic heterocycles. The smallest absolute Gasteiger partial charge is 0.153 e. The van der Waals surface area contributed by atoms with Gasteiger partial charge >= 0.3 is 0 Å². The number of nitrogens with zero attached hydrogens (tertiary/aromatic N) is 2. The van der Waals surface area contributed by atoms with E-state index in [2.05, 4.69) is 10.4 Å². The molecule has 0 bridgehead atoms. The second-order valence-electron chi connectivity index (χ2n) is 3.35. The lowest BCUT2D eigenvalue weighted by molar-refractivity contribution is 0.112. The molecule has 0 unspecified atom stereocenters. The Labute approximate surface area is 76.9 Å². The van der Waals surface area contributed by atoms with Crippen LogP contribution in [0.5, 0.6) is 0 Å². The van der Waals surface area contributed by atoms with Gasteiger partial charge in [-0.3, -0.25) is 9.48 Å². The van der Waals surface area contributed by atoms with Crippen LogP contribution in [0.4, 0.5) is 0 Å². The molecule has 1 aromatic rings. The average molecular weight is 179 g/mol. The Morgan fingerprint density at radius 3 is 2.92 bits per heavy atom. The van der Waals surface area contributed by atoms with Gasteiger partial charge in [-0.25, -0.2) is 0 Å². The molecule has 0 saturated carbocycles. The number of piperidine rings is 1. The minimum Gasteiger partial charge on any atom is -0.317 e. The third kappa shape index (κ3) is 1.78. The van der Waals surface area contributed by atoms with E-state index in [1.807, 2.05) is 10.9 Å². The van der Waals surface area contributed by atoms with Gasteiger partial charge in [0.05, 0.1) is 17.8 Å². The van der Waals surface area contributed by atoms with Crippen LogP contribution in [0.1, 0.15) is 29.2 Å². The molecule has 0 amide bonds. The van der Waals surface area contributed by atoms with Crippen LogP contribution in [0, 0.1) is 0 Å². The lowest BCUT2D eigenvalue weighted by Gasteiger charge is -2.22. The van der Waals surface area contributed by atoms with Crippen molar-refractivity contribution in [2.45, 2.75) is 18.9 Å². The highest BCUT2D eigenvalue weighted by atomic mass is 16.1. The van der Waals surface area contributed by atoms with Gasteiger partial charge in [0.15, 0.2) is 6.29 Å². The van der Waals surface area contributed by atoms with Crippen LogP contribution in [0.15, 0.2) is 12.4 Å². The second kappa shape index (κ2) is 3.70. The SMILES string of the molecule is O=Cc1cnn(C2CCNCC2)c1. The first-order valence-electron chi connectivity index (χ1n) is 4.60. The first-order valence-corrected chi connectivity index (χ1v) is 4.60. The zero-order chi connectivity index (χ0) is 9.10. The quantitative estimate of drug-likeness (QED) is 0.677. The minimum absolute atomic E-state index is 0.468. The molecule has 0 aromatic carbocycles. The predicted molar refractivity (Wildman–Crippen MR) is 48.8 cm³/mol. The molecule has 1 fully saturated rings. The maximum atomic E-state index is 10.4. The molecule has 0 radical (unpaired) electrons. The van der Waals surface area contributed by atoms with Gasteiger partial charge < -0.3 is 5.32 Å². The number of hydrogen-bond donors (Lipinski definition) is 1. The maximum absolute atomic E-state index is 10.4. The fraction of sp³-hybridized carbons (Fsp3) is 0.556. The maximum Gasteiger partial charge on any atom is 0.153 e. The Morgan fingerprint density at radius 2 is 2.31 bits per heavy atom. The Morgan fingerprint density at radius 1 is 1.54 bits per heavy atom. The van der Waals surface area contributed by atoms with Crippen molar-refractivity contribution in [1.82, 2.24) is 15.1 Å². The summed E-state index contributed by atoms with van der Waals surface area (Å²) in [5, 5.41) is 7.46. The number of carbonyl (C=O) groups excluding carboxylic acids is 1. The zero-order valence-corrected chi connectivity index (χ0v) is 7.44. The van der Waals surface area contributed by atoms with Gasteiger partial charge in [-0.2, -0.15) is 5.10 Å². The van der Waals surface area contributed by atoms with Gasteiger partial charge in [-0.15, -0.1) is 0 Å². The fourth-order valence-corrected chi connectivity index (χ4v) is 1.68. The minimum atomic E-state index is 0.468. The number of nitrogens with one attached hydrogen (secondary N) is 1. The molecule has 2 rings (SSSR count). The van der Waals surface area contributed by atoms with Crippen LogP contribution in [0.2, 0.25) is 0 Å². The summed E-state index contributed by atoms with van der Waals surface area (Å²) in [6.45, 7) is 2.09. The van der Waals surface area contributed by atoms with E-state index in [0.29, 0.717) is 11.6 Å². The van der Waals surface area contributed by atoms with Crippen molar-refractivity contribution >= 4 is 6.29 Å². The lowest BCUT2D eigenvalue weighted by Crippen LogP contribution is -2.29. The van der Waals surface area contributed by atoms with Crippen LogP contribution in [0.3, 0.4) is 0 Å². The first kappa shape index (κ1) is 8.44. The number of aldehydes is 1. The highest BCUT2D eigenvalue weighted by Gasteiger charge is 2.15. The molecule has 0 spiro atoms. The van der Waals surface area contributed by atoms with Crippen molar-refractivity contribution in [1.29, 1.82) is 0 Å². The summed E-state index contributed by atoms with van der Waals surface area (Å²) in [5.74, 6) is 0. The van der Waals surface area contributed by atoms with E-state index in [9.17, 15) is 4.79 Å². The Hall–Kier alpha value is -1.16. The molecule has 1 N–H and O–H groups in total. The molecule has 1 aromatic heterocycles. The molecule has 1 saturated heterocycles. The van der Waals surface area contributed by atoms with Crippen LogP contribution in [0.25, 0.3) is 0 Å². The van der Waals surface area contributed by atoms with E-state index in [-0.39, 0.29) is 0 Å². The second-order valence-corrected chi connectivity index (χ2v) is 3.35. The Kier molecular flexibility index (Phi) is 2.40. The van der Waals surface area contributed by atoms with E-state index >= 15 is 0 Å². The van der Waals surface area contributed by atoms with E-state index in [0.717, 1.165) is 32.2 Å². The average Bonchev–Trinajstić information content (AvgIpc) is 2.67. The molecule has 70 valence electrons. The molecule has 0 aliphatic carbocycles. The molecular weight excluding hydrogens is 166 g/mol. The van der Waals surface area contributed by atoms with Crippen molar-refractivity contribution < 1.29 is 4.79 Å². The normalized spacial score (nSPS) is 18.8. The van der Waals surface area contributed by atoms with Gasteiger partial charge in [0, 0.05) is 6.20 Å². The summed E-state index contributed by atoms with van der Waals surface area (Å²) >= 11 is 0. The summed E-state index contributed by atoms with van der Waals surface area (Å²) in [5.41, 5.74) is 0.665. The van der Waals surface area contributed by atoms with Gasteiger partial charge in [0.2, 0.25) is 0 Å². The molecule has 2 heterocycles. The highest BCUT2D eigenvalue weighted by molar-refractivity contribution is 5.73. The molecular formula is C9H13N3O. The number of rotatable bonds is 2. The largest absolute Gasteiger partial charge is 0.317 e. The summed E-state index contributed by atoms with van der Waals surface area (Å²) in [6.07, 6.45) is 6.47. The standard InChI is InChI=1S/C9H13N3O/c13-7-8-5-11-12(6-8)9-1-3-10-4-2-9/h5-7,9-10H,1-4H2. The van der Waals surface area contributed by atoms with Crippen molar-refractivity contribution in [2.75, 3.05) is 13.1 Å². The van der Waals surface area contributed by atoms with Crippen molar-refractivity contribution in [3.05, 3.63) is 18.0 Å². The van der Waals surface area contributed by atoms with Crippen LogP contribution in [-0.2, 0) is 0 Å². The zero-order valence-electron chi connectivity index (χ0n) is 7.44. The molecule has 1 aliphatic rings. The highest BCUT2D eigenvalue weighted by Crippen LogP contribution is 2.17. The van der Waals surface area contributed by atoms with E-state index < -0.39 is 0 Å². The predicted octanol–water partition coefficient (Wildman–Crippen LogP) is 0.620. The summed E-state index contributed by atoms with van der Waals surface area (Å²) < 4.78 is 1.91. The van der Waals surface area contributed by atoms with E-state index in [1.165, 1.54) is 0 Å². The third-order valence-corrected chi connectivity index (χ3v) is 2.44. The van der Waals surface area contributed by atoms with Crippen LogP contribution < -0.4 is 5.32 Å². The summed E-state index contributed by atoms with van der Waals surface area (Å²) in [6, 6.07) is 0.468. The van der Waals surface area contributed by atoms with Gasteiger partial charge in [0.25, 0.3) is 0 Å². The van der Waals surface area contributed by atoms with E-state index in [4.69, 9.17) is 0 Å². The topological polar surface area (TPSA) is 46.9 Å². The number of aromatic nitrogens is 2. The molecule has 0 atom stereocenters. The Bertz CT molecular complexity index is 289. The molecule has 13 heavy (non-hydrogen) atoms. The van der Waals surface area contributed by atoms with Crippen molar-refractivity contribution in [3.8, 4) is 0 Å². The van der Waals surface area contributed by atoms with Crippen molar-refractivity contribution in [3.63, 3.8) is 0 Å². The number of carbonyl (C=O) groups is 1. The summed E-state index contributed by atoms with van der Waals surface area (Å²) in [4.78, 5) is 10.4. The van der Waals surface area contributed by atoms with Crippen molar-refractivity contribution in [2.24, 2.45) is 0 Å². The van der Waals surface area contributed by atoms with Crippen LogP contribution in [-0.4, -0.2) is 29.2 Å². The van der Waals surface area contributed by atoms with Gasteiger partial charge in [0.1, 0.15) is 0 Å².